The number of fused-ring (bicyclic) bond motifs is 7. The van der Waals surface area contributed by atoms with Crippen molar-refractivity contribution in [3.63, 3.8) is 0 Å². The van der Waals surface area contributed by atoms with Crippen LogP contribution in [-0.4, -0.2) is 33.1 Å². The quantitative estimate of drug-likeness (QED) is 0.791. The van der Waals surface area contributed by atoms with Gasteiger partial charge in [-0.25, -0.2) is 0 Å². The summed E-state index contributed by atoms with van der Waals surface area (Å²) in [5.74, 6) is 2.24. The molecule has 1 amide bonds. The number of carbonyl (C=O) groups is 2. The lowest BCUT2D eigenvalue weighted by atomic mass is 10.1. The maximum atomic E-state index is 11.8. The highest BCUT2D eigenvalue weighted by Gasteiger charge is 2.09. The first-order chi connectivity index (χ1) is 13.7. The Morgan fingerprint density at radius 3 is 2.21 bits per heavy atom. The van der Waals surface area contributed by atoms with Crippen LogP contribution in [0.3, 0.4) is 0 Å². The van der Waals surface area contributed by atoms with E-state index in [0.717, 1.165) is 29.7 Å². The van der Waals surface area contributed by atoms with Crippen LogP contribution >= 0.6 is 0 Å². The summed E-state index contributed by atoms with van der Waals surface area (Å²) in [4.78, 5) is 20.8. The number of methoxy groups -OCH3 is 2. The SMILES string of the molecule is CC.COC=O.COc1ccc2cc1Oc1ccc(cc1)CCC(=O)NCC2. The smallest absolute Gasteiger partial charge is 0.292 e. The maximum absolute atomic E-state index is 11.8. The zero-order valence-corrected chi connectivity index (χ0v) is 17.0. The number of ether oxygens (including phenoxy) is 3. The first-order valence-electron chi connectivity index (χ1n) is 9.33. The lowest BCUT2D eigenvalue weighted by molar-refractivity contribution is -0.126. The minimum Gasteiger partial charge on any atom is -0.493 e. The van der Waals surface area contributed by atoms with E-state index in [9.17, 15) is 4.79 Å². The molecule has 6 nitrogen and oxygen atoms in total. The maximum Gasteiger partial charge on any atom is 0.292 e. The fraction of sp³-hybridized carbons (Fsp3) is 0.364. The molecule has 1 N–H and O–H groups in total. The predicted molar refractivity (Wildman–Crippen MR) is 109 cm³/mol. The molecule has 152 valence electrons. The van der Waals surface area contributed by atoms with Gasteiger partial charge in [-0.15, -0.1) is 0 Å². The molecular formula is C22H29NO5. The third kappa shape index (κ3) is 7.70. The van der Waals surface area contributed by atoms with Gasteiger partial charge in [0.1, 0.15) is 5.75 Å². The van der Waals surface area contributed by atoms with E-state index >= 15 is 0 Å². The van der Waals surface area contributed by atoms with Crippen LogP contribution in [-0.2, 0) is 27.2 Å². The van der Waals surface area contributed by atoms with Gasteiger partial charge in [0.05, 0.1) is 14.2 Å². The van der Waals surface area contributed by atoms with Crippen molar-refractivity contribution in [2.45, 2.75) is 33.1 Å². The second kappa shape index (κ2) is 13.2. The average molecular weight is 387 g/mol. The number of hydrogen-bond acceptors (Lipinski definition) is 5. The second-order valence-electron chi connectivity index (χ2n) is 5.66. The van der Waals surface area contributed by atoms with Crippen LogP contribution in [0.15, 0.2) is 42.5 Å². The molecule has 0 spiro atoms. The van der Waals surface area contributed by atoms with E-state index in [0.29, 0.717) is 30.9 Å². The summed E-state index contributed by atoms with van der Waals surface area (Å²) in [6.07, 6.45) is 2.01. The predicted octanol–water partition coefficient (Wildman–Crippen LogP) is 3.91. The molecule has 2 aromatic rings. The Labute approximate surface area is 166 Å². The summed E-state index contributed by atoms with van der Waals surface area (Å²) in [5, 5.41) is 2.95. The van der Waals surface area contributed by atoms with E-state index in [1.54, 1.807) is 7.11 Å². The average Bonchev–Trinajstić information content (AvgIpc) is 2.74. The van der Waals surface area contributed by atoms with Gasteiger partial charge in [0.25, 0.3) is 6.47 Å². The molecule has 28 heavy (non-hydrogen) atoms. The van der Waals surface area contributed by atoms with Crippen molar-refractivity contribution in [1.82, 2.24) is 5.32 Å². The summed E-state index contributed by atoms with van der Waals surface area (Å²) in [6.45, 7) is 5.00. The summed E-state index contributed by atoms with van der Waals surface area (Å²) in [7, 11) is 2.94. The molecule has 4 rings (SSSR count). The Hall–Kier alpha value is -3.02. The van der Waals surface area contributed by atoms with Gasteiger partial charge in [0, 0.05) is 13.0 Å². The lowest BCUT2D eigenvalue weighted by Crippen LogP contribution is -2.25. The monoisotopic (exact) mass is 387 g/mol. The van der Waals surface area contributed by atoms with E-state index in [1.165, 1.54) is 7.11 Å². The van der Waals surface area contributed by atoms with Crippen molar-refractivity contribution in [1.29, 1.82) is 0 Å². The van der Waals surface area contributed by atoms with Gasteiger partial charge in [-0.05, 0) is 48.2 Å². The van der Waals surface area contributed by atoms with Gasteiger partial charge >= 0.3 is 0 Å². The molecule has 0 saturated heterocycles. The Bertz CT molecular complexity index is 728. The molecule has 0 saturated carbocycles. The van der Waals surface area contributed by atoms with Crippen molar-refractivity contribution < 1.29 is 23.8 Å². The third-order valence-electron chi connectivity index (χ3n) is 3.85. The number of carbonyl (C=O) groups excluding carboxylic acids is 2. The lowest BCUT2D eigenvalue weighted by Gasteiger charge is -2.14. The van der Waals surface area contributed by atoms with Crippen molar-refractivity contribution in [2.75, 3.05) is 20.8 Å². The highest BCUT2D eigenvalue weighted by atomic mass is 16.5. The van der Waals surface area contributed by atoms with E-state index in [-0.39, 0.29) is 5.91 Å². The number of nitrogens with one attached hydrogen (secondary N) is 1. The van der Waals surface area contributed by atoms with Crippen LogP contribution in [0.25, 0.3) is 0 Å². The summed E-state index contributed by atoms with van der Waals surface area (Å²) >= 11 is 0. The summed E-state index contributed by atoms with van der Waals surface area (Å²) < 4.78 is 15.2. The number of hydrogen-bond donors (Lipinski definition) is 1. The molecule has 0 radical (unpaired) electrons. The minimum atomic E-state index is 0.0890. The van der Waals surface area contributed by atoms with E-state index < -0.39 is 0 Å². The van der Waals surface area contributed by atoms with Crippen molar-refractivity contribution >= 4 is 12.4 Å². The number of rotatable bonds is 2. The fourth-order valence-electron chi connectivity index (χ4n) is 2.50. The molecule has 0 fully saturated rings. The van der Waals surface area contributed by atoms with Crippen molar-refractivity contribution in [3.8, 4) is 17.2 Å². The van der Waals surface area contributed by atoms with E-state index in [1.807, 2.05) is 56.3 Å². The first kappa shape index (κ1) is 23.0. The molecule has 0 aromatic heterocycles. The largest absolute Gasteiger partial charge is 0.493 e. The summed E-state index contributed by atoms with van der Waals surface area (Å²) in [5.41, 5.74) is 2.23. The second-order valence-corrected chi connectivity index (χ2v) is 5.66. The number of amides is 1. The standard InChI is InChI=1S/C18H19NO3.C2H4O2.C2H6/c1-21-16-8-4-14-10-11-19-18(20)9-5-13-2-6-15(7-3-13)22-17(16)12-14;1-4-2-3;1-2/h2-4,6-8,12H,5,9-11H2,1H3,(H,19,20);2H,1H3;1-2H3. The summed E-state index contributed by atoms with van der Waals surface area (Å²) in [6, 6.07) is 13.7. The molecule has 2 heterocycles. The Morgan fingerprint density at radius 1 is 0.964 bits per heavy atom. The molecule has 2 aliphatic rings. The normalized spacial score (nSPS) is 12.5. The number of benzene rings is 2. The molecule has 0 aliphatic carbocycles. The third-order valence-corrected chi connectivity index (χ3v) is 3.85. The van der Waals surface area contributed by atoms with Crippen molar-refractivity contribution in [2.24, 2.45) is 0 Å². The fourth-order valence-corrected chi connectivity index (χ4v) is 2.50. The molecular weight excluding hydrogens is 358 g/mol. The van der Waals surface area contributed by atoms with Crippen LogP contribution in [0.1, 0.15) is 31.4 Å². The Kier molecular flexibility index (Phi) is 10.8. The van der Waals surface area contributed by atoms with E-state index in [4.69, 9.17) is 14.3 Å². The molecule has 2 aromatic carbocycles. The first-order valence-corrected chi connectivity index (χ1v) is 9.33. The topological polar surface area (TPSA) is 73.9 Å². The van der Waals surface area contributed by atoms with Crippen LogP contribution in [0, 0.1) is 0 Å². The highest BCUT2D eigenvalue weighted by Crippen LogP contribution is 2.32. The zero-order valence-electron chi connectivity index (χ0n) is 17.0. The van der Waals surface area contributed by atoms with Crippen LogP contribution < -0.4 is 14.8 Å². The van der Waals surface area contributed by atoms with Gasteiger partial charge in [0.15, 0.2) is 11.5 Å². The molecule has 0 atom stereocenters. The van der Waals surface area contributed by atoms with Crippen LogP contribution in [0.5, 0.6) is 17.2 Å². The molecule has 0 unspecified atom stereocenters. The Morgan fingerprint density at radius 2 is 1.61 bits per heavy atom. The van der Waals surface area contributed by atoms with Crippen LogP contribution in [0.2, 0.25) is 0 Å². The van der Waals surface area contributed by atoms with Crippen molar-refractivity contribution in [3.05, 3.63) is 53.6 Å². The highest BCUT2D eigenvalue weighted by molar-refractivity contribution is 5.76. The van der Waals surface area contributed by atoms with Gasteiger partial charge in [-0.2, -0.15) is 0 Å². The van der Waals surface area contributed by atoms with Gasteiger partial charge in [0.2, 0.25) is 5.91 Å². The zero-order chi connectivity index (χ0) is 20.8. The van der Waals surface area contributed by atoms with Gasteiger partial charge in [-0.1, -0.05) is 32.0 Å². The van der Waals surface area contributed by atoms with Crippen LogP contribution in [0.4, 0.5) is 0 Å². The number of aryl methyl sites for hydroxylation is 1. The molecule has 6 heteroatoms. The van der Waals surface area contributed by atoms with Gasteiger partial charge in [-0.3, -0.25) is 9.59 Å². The van der Waals surface area contributed by atoms with E-state index in [2.05, 4.69) is 10.1 Å². The minimum absolute atomic E-state index is 0.0890. The molecule has 2 aliphatic heterocycles. The molecule has 4 bridgehead atoms. The Balaban J connectivity index is 0.000000583. The van der Waals surface area contributed by atoms with Gasteiger partial charge < -0.3 is 19.5 Å².